The molecule has 4 aromatic carbocycles. The number of aliphatic hydroxyl groups is 1. The van der Waals surface area contributed by atoms with Gasteiger partial charge >= 0.3 is 0 Å². The number of aliphatic hydroxyl groups excluding tert-OH is 1. The molecule has 0 saturated carbocycles. The van der Waals surface area contributed by atoms with Crippen LogP contribution in [-0.2, 0) is 35.7 Å². The van der Waals surface area contributed by atoms with Crippen molar-refractivity contribution in [2.45, 2.75) is 52.4 Å². The molecule has 6 aromatic rings. The summed E-state index contributed by atoms with van der Waals surface area (Å²) in [6.07, 6.45) is 5.16. The first-order valence-corrected chi connectivity index (χ1v) is 13.3. The smallest absolute Gasteiger partial charge is 0.155 e. The number of pyridine rings is 2. The first-order valence-electron chi connectivity index (χ1n) is 13.3. The van der Waals surface area contributed by atoms with Gasteiger partial charge in [-0.2, -0.15) is 0 Å². The molecule has 2 aromatic heterocycles. The maximum absolute atomic E-state index is 10.0. The predicted octanol–water partition coefficient (Wildman–Crippen LogP) is 8.65. The first kappa shape index (κ1) is 27.9. The Balaban J connectivity index is 0.000000362. The Bertz CT molecular complexity index is 2020. The van der Waals surface area contributed by atoms with Gasteiger partial charge in [0.25, 0.3) is 0 Å². The van der Waals surface area contributed by atoms with E-state index in [1.807, 2.05) is 12.4 Å². The largest absolute Gasteiger partial charge is 0.512 e. The van der Waals surface area contributed by atoms with E-state index in [-0.39, 0.29) is 42.5 Å². The average Bonchev–Trinajstić information content (AvgIpc) is 2.89. The second-order valence-corrected chi connectivity index (χ2v) is 11.6. The number of ketones is 1. The van der Waals surface area contributed by atoms with Crippen molar-refractivity contribution in [1.29, 1.82) is 0 Å². The molecule has 0 unspecified atom stereocenters. The third-order valence-corrected chi connectivity index (χ3v) is 8.65. The van der Waals surface area contributed by atoms with Crippen molar-refractivity contribution in [3.05, 3.63) is 96.1 Å². The number of allylic oxidation sites excluding steroid dienone is 2. The maximum atomic E-state index is 10.0. The molecule has 0 fully saturated rings. The Hall–Kier alpha value is -3.66. The van der Waals surface area contributed by atoms with Crippen LogP contribution in [0.4, 0.5) is 0 Å². The molecule has 1 aliphatic carbocycles. The molecule has 40 heavy (non-hydrogen) atoms. The second kappa shape index (κ2) is 9.76. The van der Waals surface area contributed by atoms with Crippen LogP contribution in [0, 0.1) is 6.07 Å². The molecular weight excluding hydrogens is 673 g/mol. The van der Waals surface area contributed by atoms with Crippen LogP contribution in [0.3, 0.4) is 0 Å². The van der Waals surface area contributed by atoms with Crippen molar-refractivity contribution < 1.29 is 30.0 Å². The SMILES string of the molecule is CC(=O)/C=C(/C)O.CC1(C)c2c3ccccc3[c-]c3c4ncc5ccccc5c4c4ccnc(c4c23)C1(C)C.[Ir]. The summed E-state index contributed by atoms with van der Waals surface area (Å²) >= 11 is 0. The number of rotatable bonds is 1. The number of aromatic nitrogens is 2. The van der Waals surface area contributed by atoms with Gasteiger partial charge in [0.1, 0.15) is 0 Å². The molecule has 0 atom stereocenters. The van der Waals surface area contributed by atoms with E-state index >= 15 is 0 Å². The minimum Gasteiger partial charge on any atom is -0.512 e. The normalized spacial score (nSPS) is 15.3. The van der Waals surface area contributed by atoms with Crippen molar-refractivity contribution in [2.24, 2.45) is 0 Å². The third-order valence-electron chi connectivity index (χ3n) is 8.65. The van der Waals surface area contributed by atoms with Crippen molar-refractivity contribution in [1.82, 2.24) is 9.97 Å². The number of carbonyl (C=O) groups excluding carboxylic acids is 1. The van der Waals surface area contributed by atoms with Gasteiger partial charge < -0.3 is 5.11 Å². The van der Waals surface area contributed by atoms with Crippen LogP contribution in [0.1, 0.15) is 52.8 Å². The summed E-state index contributed by atoms with van der Waals surface area (Å²) in [5.74, 6) is -0.0625. The minimum atomic E-state index is -0.137. The van der Waals surface area contributed by atoms with Gasteiger partial charge in [-0.05, 0) is 52.3 Å². The molecule has 1 N–H and O–H groups in total. The van der Waals surface area contributed by atoms with Crippen molar-refractivity contribution >= 4 is 59.8 Å². The Morgan fingerprint density at radius 1 is 0.825 bits per heavy atom. The summed E-state index contributed by atoms with van der Waals surface area (Å²) in [5, 5.41) is 19.3. The van der Waals surface area contributed by atoms with Crippen LogP contribution in [0.5, 0.6) is 0 Å². The van der Waals surface area contributed by atoms with Crippen LogP contribution in [-0.4, -0.2) is 20.9 Å². The molecule has 1 radical (unpaired) electrons. The zero-order chi connectivity index (χ0) is 27.7. The van der Waals surface area contributed by atoms with Crippen LogP contribution in [0.2, 0.25) is 0 Å². The van der Waals surface area contributed by atoms with Gasteiger partial charge in [0.05, 0.1) is 5.76 Å². The fraction of sp³-hybridized carbons (Fsp3) is 0.229. The Kier molecular flexibility index (Phi) is 6.81. The van der Waals surface area contributed by atoms with Gasteiger partial charge in [-0.1, -0.05) is 91.9 Å². The fourth-order valence-corrected chi connectivity index (χ4v) is 6.27. The summed E-state index contributed by atoms with van der Waals surface area (Å²) in [6, 6.07) is 23.2. The zero-order valence-electron chi connectivity index (χ0n) is 23.5. The molecule has 0 saturated heterocycles. The Morgan fingerprint density at radius 2 is 1.50 bits per heavy atom. The summed E-state index contributed by atoms with van der Waals surface area (Å²) < 4.78 is 0. The molecule has 0 amide bonds. The number of fused-ring (bicyclic) bond motifs is 7. The van der Waals surface area contributed by atoms with Gasteiger partial charge in [0.2, 0.25) is 0 Å². The van der Waals surface area contributed by atoms with Crippen LogP contribution in [0.25, 0.3) is 54.0 Å². The summed E-state index contributed by atoms with van der Waals surface area (Å²) in [7, 11) is 0. The molecule has 7 rings (SSSR count). The van der Waals surface area contributed by atoms with Gasteiger partial charge in [-0.3, -0.25) is 14.8 Å². The molecule has 4 nitrogen and oxygen atoms in total. The number of carbonyl (C=O) groups is 1. The molecule has 0 aliphatic heterocycles. The van der Waals surface area contributed by atoms with Crippen molar-refractivity contribution in [3.8, 4) is 0 Å². The van der Waals surface area contributed by atoms with Gasteiger partial charge in [-0.25, -0.2) is 0 Å². The monoisotopic (exact) mass is 704 g/mol. The van der Waals surface area contributed by atoms with Crippen LogP contribution in [0.15, 0.2) is 78.8 Å². The quantitative estimate of drug-likeness (QED) is 0.0613. The Labute approximate surface area is 247 Å². The van der Waals surface area contributed by atoms with Gasteiger partial charge in [-0.15, -0.1) is 17.5 Å². The van der Waals surface area contributed by atoms with Crippen molar-refractivity contribution in [3.63, 3.8) is 0 Å². The number of benzene rings is 4. The molecule has 0 spiro atoms. The summed E-state index contributed by atoms with van der Waals surface area (Å²) in [4.78, 5) is 20.0. The standard InChI is InChI=1S/C30H23N2.C5H8O2.Ir/c1-29(2)26-20-12-8-5-9-17(20)15-22-24(26)25-21(13-14-31-28(25)30(29,3)4)23-19-11-7-6-10-18(19)16-32-27(22)23;1-4(6)3-5(2)7;/h5-14,16H,1-4H3;3,6H,1-2H3;/q-1;;/b;4-3-;. The topological polar surface area (TPSA) is 63.1 Å². The number of hydrogen-bond acceptors (Lipinski definition) is 4. The summed E-state index contributed by atoms with van der Waals surface area (Å²) in [6.45, 7) is 12.3. The van der Waals surface area contributed by atoms with E-state index in [1.165, 1.54) is 63.5 Å². The van der Waals surface area contributed by atoms with Crippen LogP contribution >= 0.6 is 0 Å². The van der Waals surface area contributed by atoms with Gasteiger partial charge in [0, 0.05) is 55.2 Å². The van der Waals surface area contributed by atoms with Crippen molar-refractivity contribution in [2.75, 3.05) is 0 Å². The predicted molar refractivity (Wildman–Crippen MR) is 162 cm³/mol. The zero-order valence-corrected chi connectivity index (χ0v) is 25.9. The minimum absolute atomic E-state index is 0. The van der Waals surface area contributed by atoms with E-state index in [9.17, 15) is 4.79 Å². The van der Waals surface area contributed by atoms with E-state index in [0.717, 1.165) is 21.7 Å². The maximum Gasteiger partial charge on any atom is 0.155 e. The molecule has 2 heterocycles. The molecule has 0 bridgehead atoms. The van der Waals surface area contributed by atoms with E-state index in [1.54, 1.807) is 0 Å². The molecule has 203 valence electrons. The molecule has 1 aliphatic rings. The summed E-state index contributed by atoms with van der Waals surface area (Å²) in [5.41, 5.74) is 3.36. The third kappa shape index (κ3) is 3.95. The number of nitrogens with zero attached hydrogens (tertiary/aromatic N) is 2. The van der Waals surface area contributed by atoms with E-state index in [0.29, 0.717) is 0 Å². The van der Waals surface area contributed by atoms with E-state index in [2.05, 4.69) is 88.4 Å². The molecule has 5 heteroatoms. The fourth-order valence-electron chi connectivity index (χ4n) is 6.27. The van der Waals surface area contributed by atoms with Crippen LogP contribution < -0.4 is 0 Å². The number of hydrogen-bond donors (Lipinski definition) is 1. The second-order valence-electron chi connectivity index (χ2n) is 11.6. The first-order chi connectivity index (χ1) is 18.5. The Morgan fingerprint density at radius 3 is 2.17 bits per heavy atom. The van der Waals surface area contributed by atoms with E-state index in [4.69, 9.17) is 15.1 Å². The van der Waals surface area contributed by atoms with E-state index < -0.39 is 0 Å². The molecular formula is C35H31IrN2O2-. The average molecular weight is 704 g/mol. The van der Waals surface area contributed by atoms with Gasteiger partial charge in [0.15, 0.2) is 5.78 Å².